The van der Waals surface area contributed by atoms with Gasteiger partial charge in [0.1, 0.15) is 12.1 Å². The van der Waals surface area contributed by atoms with Gasteiger partial charge in [-0.2, -0.15) is 0 Å². The van der Waals surface area contributed by atoms with Gasteiger partial charge in [0.05, 0.1) is 0 Å². The van der Waals surface area contributed by atoms with E-state index in [2.05, 4.69) is 16.0 Å². The highest BCUT2D eigenvalue weighted by atomic mass is 16.4. The molecule has 2 amide bonds. The van der Waals surface area contributed by atoms with Crippen LogP contribution in [0.3, 0.4) is 0 Å². The number of piperazine rings is 1. The number of nitrogens with one attached hydrogen (secondary N) is 3. The summed E-state index contributed by atoms with van der Waals surface area (Å²) in [5, 5.41) is 24.5. The maximum atomic E-state index is 10.4. The first-order chi connectivity index (χ1) is 13.3. The van der Waals surface area contributed by atoms with Crippen LogP contribution in [0.4, 0.5) is 0 Å². The number of carboxylic acid groups (broad SMARTS) is 2. The molecule has 2 aliphatic heterocycles. The summed E-state index contributed by atoms with van der Waals surface area (Å²) >= 11 is 0. The number of benzene rings is 1. The molecule has 0 radical (unpaired) electrons. The molecule has 10 nitrogen and oxygen atoms in total. The van der Waals surface area contributed by atoms with Crippen LogP contribution in [-0.2, 0) is 25.6 Å². The Labute approximate surface area is 162 Å². The first-order valence-corrected chi connectivity index (χ1v) is 8.85. The van der Waals surface area contributed by atoms with Gasteiger partial charge < -0.3 is 31.9 Å². The first kappa shape index (κ1) is 23.1. The van der Waals surface area contributed by atoms with E-state index in [-0.39, 0.29) is 6.04 Å². The van der Waals surface area contributed by atoms with E-state index in [9.17, 15) is 19.2 Å². The first-order valence-electron chi connectivity index (χ1n) is 8.85. The molecule has 28 heavy (non-hydrogen) atoms. The Morgan fingerprint density at radius 3 is 1.96 bits per heavy atom. The van der Waals surface area contributed by atoms with E-state index >= 15 is 0 Å². The summed E-state index contributed by atoms with van der Waals surface area (Å²) in [6.07, 6.45) is 2.17. The van der Waals surface area contributed by atoms with Crippen molar-refractivity contribution in [3.8, 4) is 0 Å². The number of hydrogen-bond acceptors (Lipinski definition) is 6. The number of carbonyl (C=O) groups is 4. The molecule has 10 heteroatoms. The topological polar surface area (TPSA) is 171 Å². The summed E-state index contributed by atoms with van der Waals surface area (Å²) in [7, 11) is 0. The van der Waals surface area contributed by atoms with Gasteiger partial charge in [0.25, 0.3) is 0 Å². The van der Waals surface area contributed by atoms with E-state index in [1.54, 1.807) is 0 Å². The predicted octanol–water partition coefficient (Wildman–Crippen LogP) is -1.30. The molecule has 1 aromatic rings. The Balaban J connectivity index is 0.000000217. The standard InChI is InChI=1S/C9H11NO2.C5H9NO2.C4H6N2O2/c10-8(9(11)12)6-7-4-2-1-3-5-7;7-5(8)4-2-1-3-6-4;7-3-4(8)6-2-1-5-3/h1-5,8H,6,10H2,(H,11,12);4,6H,1-3H2,(H,7,8);1-2H2,(H,5,7)(H,6,8)/t8-;4-;/m10./s1. The fourth-order valence-corrected chi connectivity index (χ4v) is 2.36. The van der Waals surface area contributed by atoms with Crippen LogP contribution in [0.1, 0.15) is 18.4 Å². The second-order valence-electron chi connectivity index (χ2n) is 6.13. The molecule has 2 atom stereocenters. The lowest BCUT2D eigenvalue weighted by atomic mass is 10.1. The molecule has 154 valence electrons. The molecular weight excluding hydrogens is 368 g/mol. The Kier molecular flexibility index (Phi) is 10.2. The van der Waals surface area contributed by atoms with Gasteiger partial charge in [-0.15, -0.1) is 0 Å². The van der Waals surface area contributed by atoms with E-state index in [0.29, 0.717) is 19.5 Å². The van der Waals surface area contributed by atoms with Crippen molar-refractivity contribution < 1.29 is 29.4 Å². The van der Waals surface area contributed by atoms with Crippen molar-refractivity contribution in [1.29, 1.82) is 0 Å². The van der Waals surface area contributed by atoms with Gasteiger partial charge in [-0.3, -0.25) is 19.2 Å². The zero-order chi connectivity index (χ0) is 20.9. The number of rotatable bonds is 4. The Morgan fingerprint density at radius 2 is 1.61 bits per heavy atom. The SMILES string of the molecule is N[C@H](Cc1ccccc1)C(=O)O.O=C(O)[C@@H]1CCCN1.O=C1NCCNC1=O. The molecule has 2 fully saturated rings. The molecule has 3 rings (SSSR count). The fraction of sp³-hybridized carbons (Fsp3) is 0.444. The van der Waals surface area contributed by atoms with Gasteiger partial charge in [0.15, 0.2) is 0 Å². The second-order valence-corrected chi connectivity index (χ2v) is 6.13. The van der Waals surface area contributed by atoms with Crippen LogP contribution in [0, 0.1) is 0 Å². The highest BCUT2D eigenvalue weighted by molar-refractivity contribution is 6.35. The zero-order valence-corrected chi connectivity index (χ0v) is 15.4. The number of carbonyl (C=O) groups excluding carboxylic acids is 2. The van der Waals surface area contributed by atoms with Crippen LogP contribution in [0.15, 0.2) is 30.3 Å². The summed E-state index contributed by atoms with van der Waals surface area (Å²) in [5.41, 5.74) is 6.30. The molecule has 0 aliphatic carbocycles. The largest absolute Gasteiger partial charge is 0.480 e. The van der Waals surface area contributed by atoms with E-state index in [1.807, 2.05) is 30.3 Å². The molecule has 2 aliphatic rings. The maximum Gasteiger partial charge on any atom is 0.320 e. The van der Waals surface area contributed by atoms with Gasteiger partial charge in [-0.1, -0.05) is 30.3 Å². The minimum Gasteiger partial charge on any atom is -0.480 e. The highest BCUT2D eigenvalue weighted by Gasteiger charge is 2.20. The van der Waals surface area contributed by atoms with E-state index < -0.39 is 29.8 Å². The third-order valence-corrected chi connectivity index (χ3v) is 3.88. The molecule has 0 spiro atoms. The molecule has 0 unspecified atom stereocenters. The molecule has 0 saturated carbocycles. The lowest BCUT2D eigenvalue weighted by molar-refractivity contribution is -0.140. The van der Waals surface area contributed by atoms with Gasteiger partial charge >= 0.3 is 23.8 Å². The van der Waals surface area contributed by atoms with Crippen molar-refractivity contribution in [3.63, 3.8) is 0 Å². The van der Waals surface area contributed by atoms with Crippen LogP contribution in [0.2, 0.25) is 0 Å². The van der Waals surface area contributed by atoms with Gasteiger partial charge in [-0.05, 0) is 31.4 Å². The minimum atomic E-state index is -0.959. The summed E-state index contributed by atoms with van der Waals surface area (Å²) in [5.74, 6) is -2.74. The Hall–Kier alpha value is -2.98. The summed E-state index contributed by atoms with van der Waals surface area (Å²) in [4.78, 5) is 41.1. The van der Waals surface area contributed by atoms with Crippen molar-refractivity contribution in [3.05, 3.63) is 35.9 Å². The third kappa shape index (κ3) is 9.10. The van der Waals surface area contributed by atoms with Crippen LogP contribution in [-0.4, -0.2) is 65.7 Å². The van der Waals surface area contributed by atoms with E-state index in [1.165, 1.54) is 0 Å². The van der Waals surface area contributed by atoms with Gasteiger partial charge in [-0.25, -0.2) is 0 Å². The second kappa shape index (κ2) is 12.4. The number of aliphatic carboxylic acids is 2. The smallest absolute Gasteiger partial charge is 0.320 e. The highest BCUT2D eigenvalue weighted by Crippen LogP contribution is 2.03. The van der Waals surface area contributed by atoms with Crippen LogP contribution < -0.4 is 21.7 Å². The number of nitrogens with two attached hydrogens (primary N) is 1. The Bertz CT molecular complexity index is 645. The fourth-order valence-electron chi connectivity index (χ4n) is 2.36. The van der Waals surface area contributed by atoms with Crippen molar-refractivity contribution in [2.75, 3.05) is 19.6 Å². The predicted molar refractivity (Wildman–Crippen MR) is 100 cm³/mol. The lowest BCUT2D eigenvalue weighted by Gasteiger charge is -2.10. The van der Waals surface area contributed by atoms with Crippen LogP contribution in [0.5, 0.6) is 0 Å². The molecule has 7 N–H and O–H groups in total. The summed E-state index contributed by atoms with van der Waals surface area (Å²) < 4.78 is 0. The van der Waals surface area contributed by atoms with Crippen molar-refractivity contribution >= 4 is 23.8 Å². The summed E-state index contributed by atoms with van der Waals surface area (Å²) in [6, 6.07) is 8.28. The third-order valence-electron chi connectivity index (χ3n) is 3.88. The average molecular weight is 394 g/mol. The average Bonchev–Trinajstić information content (AvgIpc) is 3.21. The molecule has 0 bridgehead atoms. The quantitative estimate of drug-likeness (QED) is 0.342. The Morgan fingerprint density at radius 1 is 1.04 bits per heavy atom. The number of hydrogen-bond donors (Lipinski definition) is 6. The monoisotopic (exact) mass is 394 g/mol. The van der Waals surface area contributed by atoms with Gasteiger partial charge in [0, 0.05) is 13.1 Å². The van der Waals surface area contributed by atoms with Crippen LogP contribution >= 0.6 is 0 Å². The normalized spacial score (nSPS) is 19.0. The lowest BCUT2D eigenvalue weighted by Crippen LogP contribution is -2.49. The molecule has 0 aromatic heterocycles. The molecule has 2 saturated heterocycles. The van der Waals surface area contributed by atoms with Gasteiger partial charge in [0.2, 0.25) is 0 Å². The van der Waals surface area contributed by atoms with Crippen molar-refractivity contribution in [2.24, 2.45) is 5.73 Å². The van der Waals surface area contributed by atoms with E-state index in [0.717, 1.165) is 24.9 Å². The number of amides is 2. The molecular formula is C18H26N4O6. The van der Waals surface area contributed by atoms with E-state index in [4.69, 9.17) is 15.9 Å². The minimum absolute atomic E-state index is 0.269. The van der Waals surface area contributed by atoms with Crippen LogP contribution in [0.25, 0.3) is 0 Å². The number of carboxylic acids is 2. The maximum absolute atomic E-state index is 10.4. The van der Waals surface area contributed by atoms with Crippen molar-refractivity contribution in [1.82, 2.24) is 16.0 Å². The molecule has 1 aromatic carbocycles. The van der Waals surface area contributed by atoms with Crippen molar-refractivity contribution in [2.45, 2.75) is 31.3 Å². The zero-order valence-electron chi connectivity index (χ0n) is 15.4. The summed E-state index contributed by atoms with van der Waals surface area (Å²) in [6.45, 7) is 1.95. The molecule has 2 heterocycles.